The molecule has 1 aliphatic heterocycles. The van der Waals surface area contributed by atoms with Gasteiger partial charge in [0, 0.05) is 26.2 Å². The molecule has 2 rings (SSSR count). The van der Waals surface area contributed by atoms with Crippen molar-refractivity contribution in [1.82, 2.24) is 4.31 Å². The number of rotatable bonds is 2. The van der Waals surface area contributed by atoms with Gasteiger partial charge >= 0.3 is 0 Å². The van der Waals surface area contributed by atoms with Gasteiger partial charge in [-0.1, -0.05) is 0 Å². The molecule has 0 unspecified atom stereocenters. The van der Waals surface area contributed by atoms with Crippen LogP contribution < -0.4 is 10.6 Å². The van der Waals surface area contributed by atoms with Crippen molar-refractivity contribution in [3.63, 3.8) is 0 Å². The molecule has 0 bridgehead atoms. The summed E-state index contributed by atoms with van der Waals surface area (Å²) < 4.78 is 37.1. The molecule has 1 saturated heterocycles. The molecule has 2 N–H and O–H groups in total. The van der Waals surface area contributed by atoms with Crippen LogP contribution in [-0.2, 0) is 10.0 Å². The SMILES string of the molecule is CS(=O)(=O)N1CCN(c2ccc(F)cc2N)CC1. The highest BCUT2D eigenvalue weighted by Crippen LogP contribution is 2.25. The molecule has 0 spiro atoms. The summed E-state index contributed by atoms with van der Waals surface area (Å²) in [5.41, 5.74) is 6.89. The number of halogens is 1. The van der Waals surface area contributed by atoms with Crippen molar-refractivity contribution in [1.29, 1.82) is 0 Å². The Morgan fingerprint density at radius 3 is 2.33 bits per heavy atom. The van der Waals surface area contributed by atoms with Gasteiger partial charge in [-0.25, -0.2) is 12.8 Å². The Labute approximate surface area is 106 Å². The molecule has 1 aromatic carbocycles. The van der Waals surface area contributed by atoms with Crippen molar-refractivity contribution in [2.75, 3.05) is 43.1 Å². The first kappa shape index (κ1) is 13.1. The number of nitrogen functional groups attached to an aromatic ring is 1. The lowest BCUT2D eigenvalue weighted by molar-refractivity contribution is 0.388. The smallest absolute Gasteiger partial charge is 0.211 e. The lowest BCUT2D eigenvalue weighted by atomic mass is 10.2. The highest BCUT2D eigenvalue weighted by atomic mass is 32.2. The average molecular weight is 273 g/mol. The number of hydrogen-bond donors (Lipinski definition) is 1. The van der Waals surface area contributed by atoms with E-state index in [1.807, 2.05) is 4.90 Å². The van der Waals surface area contributed by atoms with Crippen LogP contribution in [0.3, 0.4) is 0 Å². The third-order valence-electron chi connectivity index (χ3n) is 3.04. The maximum absolute atomic E-state index is 12.9. The molecule has 7 heteroatoms. The zero-order chi connectivity index (χ0) is 13.3. The fraction of sp³-hybridized carbons (Fsp3) is 0.455. The number of anilines is 2. The molecule has 0 radical (unpaired) electrons. The van der Waals surface area contributed by atoms with Crippen molar-refractivity contribution < 1.29 is 12.8 Å². The number of nitrogens with two attached hydrogens (primary N) is 1. The monoisotopic (exact) mass is 273 g/mol. The fourth-order valence-electron chi connectivity index (χ4n) is 2.07. The van der Waals surface area contributed by atoms with Crippen LogP contribution in [0.4, 0.5) is 15.8 Å². The Balaban J connectivity index is 2.10. The minimum atomic E-state index is -3.13. The van der Waals surface area contributed by atoms with E-state index in [0.29, 0.717) is 31.9 Å². The van der Waals surface area contributed by atoms with Crippen LogP contribution in [0.5, 0.6) is 0 Å². The lowest BCUT2D eigenvalue weighted by Gasteiger charge is -2.35. The second-order valence-electron chi connectivity index (χ2n) is 4.35. The normalized spacial score (nSPS) is 18.0. The van der Waals surface area contributed by atoms with Gasteiger partial charge in [0.05, 0.1) is 17.6 Å². The van der Waals surface area contributed by atoms with E-state index in [2.05, 4.69) is 0 Å². The number of nitrogens with zero attached hydrogens (tertiary/aromatic N) is 2. The highest BCUT2D eigenvalue weighted by Gasteiger charge is 2.24. The van der Waals surface area contributed by atoms with Gasteiger partial charge in [-0.05, 0) is 18.2 Å². The minimum absolute atomic E-state index is 0.369. The van der Waals surface area contributed by atoms with Crippen LogP contribution in [0.15, 0.2) is 18.2 Å². The van der Waals surface area contributed by atoms with Crippen molar-refractivity contribution >= 4 is 21.4 Å². The molecule has 1 aliphatic rings. The zero-order valence-corrected chi connectivity index (χ0v) is 11.0. The van der Waals surface area contributed by atoms with Crippen molar-refractivity contribution in [3.8, 4) is 0 Å². The Morgan fingerprint density at radius 1 is 1.22 bits per heavy atom. The molecular formula is C11H16FN3O2S. The molecule has 0 aromatic heterocycles. The summed E-state index contributed by atoms with van der Waals surface area (Å²) in [6.45, 7) is 1.97. The van der Waals surface area contributed by atoms with E-state index in [1.54, 1.807) is 6.07 Å². The van der Waals surface area contributed by atoms with Gasteiger partial charge in [-0.2, -0.15) is 4.31 Å². The summed E-state index contributed by atoms with van der Waals surface area (Å²) in [7, 11) is -3.13. The van der Waals surface area contributed by atoms with Gasteiger partial charge in [0.2, 0.25) is 10.0 Å². The van der Waals surface area contributed by atoms with Crippen molar-refractivity contribution in [2.45, 2.75) is 0 Å². The molecule has 100 valence electrons. The maximum atomic E-state index is 12.9. The largest absolute Gasteiger partial charge is 0.397 e. The first-order chi connectivity index (χ1) is 8.38. The summed E-state index contributed by atoms with van der Waals surface area (Å²) in [5.74, 6) is -0.369. The molecule has 1 heterocycles. The second kappa shape index (κ2) is 4.74. The van der Waals surface area contributed by atoms with Gasteiger partial charge in [-0.15, -0.1) is 0 Å². The number of piperazine rings is 1. The molecule has 0 aliphatic carbocycles. The van der Waals surface area contributed by atoms with Crippen LogP contribution in [-0.4, -0.2) is 45.2 Å². The van der Waals surface area contributed by atoms with Crippen LogP contribution in [0.25, 0.3) is 0 Å². The first-order valence-corrected chi connectivity index (χ1v) is 7.48. The van der Waals surface area contributed by atoms with Crippen LogP contribution >= 0.6 is 0 Å². The van der Waals surface area contributed by atoms with E-state index < -0.39 is 10.0 Å². The predicted molar refractivity (Wildman–Crippen MR) is 69.4 cm³/mol. The van der Waals surface area contributed by atoms with E-state index in [1.165, 1.54) is 22.7 Å². The summed E-state index contributed by atoms with van der Waals surface area (Å²) in [4.78, 5) is 1.97. The molecule has 1 aromatic rings. The van der Waals surface area contributed by atoms with Gasteiger partial charge in [-0.3, -0.25) is 0 Å². The Morgan fingerprint density at radius 2 is 1.83 bits per heavy atom. The minimum Gasteiger partial charge on any atom is -0.397 e. The molecule has 1 fully saturated rings. The molecule has 0 saturated carbocycles. The van der Waals surface area contributed by atoms with Gasteiger partial charge in [0.1, 0.15) is 5.82 Å². The van der Waals surface area contributed by atoms with E-state index >= 15 is 0 Å². The molecule has 5 nitrogen and oxygen atoms in total. The Hall–Kier alpha value is -1.34. The third kappa shape index (κ3) is 2.73. The number of benzene rings is 1. The highest BCUT2D eigenvalue weighted by molar-refractivity contribution is 7.88. The standard InChI is InChI=1S/C11H16FN3O2S/c1-18(16,17)15-6-4-14(5-7-15)11-3-2-9(12)8-10(11)13/h2-3,8H,4-7,13H2,1H3. The zero-order valence-electron chi connectivity index (χ0n) is 10.1. The van der Waals surface area contributed by atoms with Crippen LogP contribution in [0, 0.1) is 5.82 Å². The first-order valence-electron chi connectivity index (χ1n) is 5.63. The molecule has 0 atom stereocenters. The topological polar surface area (TPSA) is 66.6 Å². The Bertz CT molecular complexity index is 539. The van der Waals surface area contributed by atoms with Gasteiger partial charge in [0.15, 0.2) is 0 Å². The van der Waals surface area contributed by atoms with E-state index in [9.17, 15) is 12.8 Å². The fourth-order valence-corrected chi connectivity index (χ4v) is 2.90. The van der Waals surface area contributed by atoms with Crippen molar-refractivity contribution in [2.24, 2.45) is 0 Å². The van der Waals surface area contributed by atoms with Crippen LogP contribution in [0.2, 0.25) is 0 Å². The number of hydrogen-bond acceptors (Lipinski definition) is 4. The quantitative estimate of drug-likeness (QED) is 0.796. The summed E-state index contributed by atoms with van der Waals surface area (Å²) in [6, 6.07) is 4.26. The third-order valence-corrected chi connectivity index (χ3v) is 4.34. The molecular weight excluding hydrogens is 257 g/mol. The molecule has 18 heavy (non-hydrogen) atoms. The van der Waals surface area contributed by atoms with E-state index in [-0.39, 0.29) is 5.82 Å². The average Bonchev–Trinajstić information content (AvgIpc) is 2.28. The molecule has 0 amide bonds. The van der Waals surface area contributed by atoms with Crippen LogP contribution in [0.1, 0.15) is 0 Å². The Kier molecular flexibility index (Phi) is 3.45. The second-order valence-corrected chi connectivity index (χ2v) is 6.33. The lowest BCUT2D eigenvalue weighted by Crippen LogP contribution is -2.48. The maximum Gasteiger partial charge on any atom is 0.211 e. The van der Waals surface area contributed by atoms with E-state index in [4.69, 9.17) is 5.73 Å². The van der Waals surface area contributed by atoms with Gasteiger partial charge < -0.3 is 10.6 Å². The summed E-state index contributed by atoms with van der Waals surface area (Å²) >= 11 is 0. The van der Waals surface area contributed by atoms with E-state index in [0.717, 1.165) is 5.69 Å². The predicted octanol–water partition coefficient (Wildman–Crippen LogP) is 0.489. The summed E-state index contributed by atoms with van der Waals surface area (Å²) in [5, 5.41) is 0. The van der Waals surface area contributed by atoms with Gasteiger partial charge in [0.25, 0.3) is 0 Å². The summed E-state index contributed by atoms with van der Waals surface area (Å²) in [6.07, 6.45) is 1.20. The van der Waals surface area contributed by atoms with Crippen molar-refractivity contribution in [3.05, 3.63) is 24.0 Å². The number of sulfonamides is 1.